The Kier molecular flexibility index (Phi) is 7.36. The highest BCUT2D eigenvalue weighted by Gasteiger charge is 2.46. The van der Waals surface area contributed by atoms with Gasteiger partial charge in [-0.05, 0) is 42.9 Å². The maximum atomic E-state index is 13.1. The zero-order valence-electron chi connectivity index (χ0n) is 18.0. The summed E-state index contributed by atoms with van der Waals surface area (Å²) in [6.45, 7) is 6.77. The molecule has 0 spiro atoms. The van der Waals surface area contributed by atoms with Gasteiger partial charge < -0.3 is 19.6 Å². The molecule has 3 rings (SSSR count). The molecular formula is C24H27ClN2O4. The summed E-state index contributed by atoms with van der Waals surface area (Å²) in [4.78, 5) is 29.8. The van der Waals surface area contributed by atoms with Gasteiger partial charge in [-0.2, -0.15) is 0 Å². The first-order valence-corrected chi connectivity index (χ1v) is 10.7. The van der Waals surface area contributed by atoms with Crippen LogP contribution in [0.4, 0.5) is 0 Å². The van der Waals surface area contributed by atoms with E-state index in [1.807, 2.05) is 0 Å². The fourth-order valence-corrected chi connectivity index (χ4v) is 4.00. The number of benzene rings is 2. The van der Waals surface area contributed by atoms with Crippen LogP contribution in [0, 0.1) is 0 Å². The number of amides is 1. The molecule has 31 heavy (non-hydrogen) atoms. The van der Waals surface area contributed by atoms with Crippen LogP contribution < -0.4 is 4.74 Å². The fraction of sp³-hybridized carbons (Fsp3) is 0.333. The third-order valence-corrected chi connectivity index (χ3v) is 5.89. The van der Waals surface area contributed by atoms with E-state index in [4.69, 9.17) is 16.3 Å². The van der Waals surface area contributed by atoms with Crippen LogP contribution in [-0.2, 0) is 9.59 Å². The van der Waals surface area contributed by atoms with Crippen LogP contribution in [0.1, 0.15) is 31.0 Å². The quantitative estimate of drug-likeness (QED) is 0.378. The van der Waals surface area contributed by atoms with E-state index < -0.39 is 17.7 Å². The molecule has 0 radical (unpaired) electrons. The highest BCUT2D eigenvalue weighted by Crippen LogP contribution is 2.40. The van der Waals surface area contributed by atoms with E-state index in [-0.39, 0.29) is 11.3 Å². The number of carbonyl (C=O) groups excluding carboxylic acids is 2. The summed E-state index contributed by atoms with van der Waals surface area (Å²) in [5.41, 5.74) is 1.13. The molecule has 2 aromatic rings. The second-order valence-corrected chi connectivity index (χ2v) is 7.71. The number of nitrogens with zero attached hydrogens (tertiary/aromatic N) is 2. The van der Waals surface area contributed by atoms with Gasteiger partial charge >= 0.3 is 0 Å². The van der Waals surface area contributed by atoms with Crippen LogP contribution in [0.2, 0.25) is 5.02 Å². The molecular weight excluding hydrogens is 416 g/mol. The molecule has 0 aliphatic carbocycles. The van der Waals surface area contributed by atoms with E-state index in [1.54, 1.807) is 48.5 Å². The highest BCUT2D eigenvalue weighted by atomic mass is 35.5. The topological polar surface area (TPSA) is 70.1 Å². The van der Waals surface area contributed by atoms with Gasteiger partial charge in [-0.25, -0.2) is 0 Å². The van der Waals surface area contributed by atoms with E-state index in [2.05, 4.69) is 18.7 Å². The summed E-state index contributed by atoms with van der Waals surface area (Å²) in [5, 5.41) is 11.7. The van der Waals surface area contributed by atoms with Crippen molar-refractivity contribution in [1.82, 2.24) is 9.80 Å². The maximum Gasteiger partial charge on any atom is 0.295 e. The maximum absolute atomic E-state index is 13.1. The number of carbonyl (C=O) groups is 2. The Morgan fingerprint density at radius 2 is 1.74 bits per heavy atom. The first kappa shape index (κ1) is 22.8. The number of hydrogen-bond acceptors (Lipinski definition) is 5. The highest BCUT2D eigenvalue weighted by molar-refractivity contribution is 6.46. The van der Waals surface area contributed by atoms with Crippen molar-refractivity contribution in [3.63, 3.8) is 0 Å². The van der Waals surface area contributed by atoms with E-state index in [0.717, 1.165) is 13.1 Å². The van der Waals surface area contributed by atoms with Gasteiger partial charge in [0.25, 0.3) is 11.7 Å². The van der Waals surface area contributed by atoms with E-state index in [9.17, 15) is 14.7 Å². The number of ether oxygens (including phenoxy) is 1. The normalized spacial score (nSPS) is 18.1. The minimum atomic E-state index is -0.710. The van der Waals surface area contributed by atoms with Crippen LogP contribution >= 0.6 is 11.6 Å². The molecule has 7 heteroatoms. The van der Waals surface area contributed by atoms with Crippen molar-refractivity contribution in [2.75, 3.05) is 33.3 Å². The van der Waals surface area contributed by atoms with Crippen molar-refractivity contribution >= 4 is 29.1 Å². The standard InChI is InChI=1S/C24H27ClN2O4/c1-4-26(5-2)14-15-27-21(16-10-12-17(25)13-11-16)20(23(29)24(27)30)22(28)18-8-6-7-9-19(18)31-3/h6-13,21,28H,4-5,14-15H2,1-3H3/b22-20+. The molecule has 164 valence electrons. The second-order valence-electron chi connectivity index (χ2n) is 7.27. The Labute approximate surface area is 187 Å². The summed E-state index contributed by atoms with van der Waals surface area (Å²) in [5.74, 6) is -1.16. The van der Waals surface area contributed by atoms with E-state index >= 15 is 0 Å². The van der Waals surface area contributed by atoms with Crippen LogP contribution in [0.5, 0.6) is 5.75 Å². The monoisotopic (exact) mass is 442 g/mol. The van der Waals surface area contributed by atoms with Crippen molar-refractivity contribution in [3.8, 4) is 5.75 Å². The zero-order chi connectivity index (χ0) is 22.5. The number of hydrogen-bond donors (Lipinski definition) is 1. The second kappa shape index (κ2) is 9.98. The molecule has 1 amide bonds. The molecule has 1 aliphatic heterocycles. The third-order valence-electron chi connectivity index (χ3n) is 5.64. The third kappa shape index (κ3) is 4.60. The minimum Gasteiger partial charge on any atom is -0.507 e. The van der Waals surface area contributed by atoms with Crippen molar-refractivity contribution in [1.29, 1.82) is 0 Å². The molecule has 0 aromatic heterocycles. The van der Waals surface area contributed by atoms with E-state index in [1.165, 1.54) is 12.0 Å². The smallest absolute Gasteiger partial charge is 0.295 e. The molecule has 1 fully saturated rings. The lowest BCUT2D eigenvalue weighted by Gasteiger charge is -2.28. The van der Waals surface area contributed by atoms with Crippen LogP contribution in [0.15, 0.2) is 54.1 Å². The van der Waals surface area contributed by atoms with Gasteiger partial charge in [0.05, 0.1) is 24.3 Å². The number of aliphatic hydroxyl groups is 1. The number of rotatable bonds is 8. The average Bonchev–Trinajstić information content (AvgIpc) is 3.04. The molecule has 0 bridgehead atoms. The number of likely N-dealkylation sites (N-methyl/N-ethyl adjacent to an activating group) is 1. The number of para-hydroxylation sites is 1. The molecule has 1 N–H and O–H groups in total. The molecule has 6 nitrogen and oxygen atoms in total. The number of likely N-dealkylation sites (tertiary alicyclic amines) is 1. The van der Waals surface area contributed by atoms with Crippen molar-refractivity contribution < 1.29 is 19.4 Å². The summed E-state index contributed by atoms with van der Waals surface area (Å²) < 4.78 is 5.35. The summed E-state index contributed by atoms with van der Waals surface area (Å²) in [6.07, 6.45) is 0. The molecule has 1 atom stereocenters. The van der Waals surface area contributed by atoms with Crippen LogP contribution in [-0.4, -0.2) is 59.9 Å². The van der Waals surface area contributed by atoms with Gasteiger partial charge in [0.2, 0.25) is 0 Å². The first-order chi connectivity index (χ1) is 14.9. The van der Waals surface area contributed by atoms with Gasteiger partial charge in [0, 0.05) is 18.1 Å². The Bertz CT molecular complexity index is 983. The predicted molar refractivity (Wildman–Crippen MR) is 121 cm³/mol. The molecule has 1 aliphatic rings. The van der Waals surface area contributed by atoms with Gasteiger partial charge in [0.1, 0.15) is 11.5 Å². The Morgan fingerprint density at radius 3 is 2.35 bits per heavy atom. The zero-order valence-corrected chi connectivity index (χ0v) is 18.7. The van der Waals surface area contributed by atoms with Gasteiger partial charge in [-0.15, -0.1) is 0 Å². The van der Waals surface area contributed by atoms with E-state index in [0.29, 0.717) is 35.0 Å². The molecule has 1 saturated heterocycles. The summed E-state index contributed by atoms with van der Waals surface area (Å²) >= 11 is 6.05. The number of ketones is 1. The molecule has 1 unspecified atom stereocenters. The van der Waals surface area contributed by atoms with Gasteiger partial charge in [-0.1, -0.05) is 49.7 Å². The van der Waals surface area contributed by atoms with Crippen molar-refractivity contribution in [3.05, 3.63) is 70.3 Å². The predicted octanol–water partition coefficient (Wildman–Crippen LogP) is 4.11. The van der Waals surface area contributed by atoms with Gasteiger partial charge in [0.15, 0.2) is 0 Å². The number of aliphatic hydroxyl groups excluding tert-OH is 1. The SMILES string of the molecule is CCN(CC)CCN1C(=O)C(=O)/C(=C(/O)c2ccccc2OC)C1c1ccc(Cl)cc1. The Hall–Kier alpha value is -2.83. The molecule has 2 aromatic carbocycles. The van der Waals surface area contributed by atoms with Crippen LogP contribution in [0.25, 0.3) is 5.76 Å². The summed E-state index contributed by atoms with van der Waals surface area (Å²) in [7, 11) is 1.49. The first-order valence-electron chi connectivity index (χ1n) is 10.3. The lowest BCUT2D eigenvalue weighted by molar-refractivity contribution is -0.140. The summed E-state index contributed by atoms with van der Waals surface area (Å²) in [6, 6.07) is 13.1. The molecule has 1 heterocycles. The van der Waals surface area contributed by atoms with Crippen molar-refractivity contribution in [2.24, 2.45) is 0 Å². The Morgan fingerprint density at radius 1 is 1.10 bits per heavy atom. The number of Topliss-reactive ketones (excluding diaryl/α,β-unsaturated/α-hetero) is 1. The minimum absolute atomic E-state index is 0.0522. The largest absolute Gasteiger partial charge is 0.507 e. The lowest BCUT2D eigenvalue weighted by Crippen LogP contribution is -2.38. The fourth-order valence-electron chi connectivity index (χ4n) is 3.88. The lowest BCUT2D eigenvalue weighted by atomic mass is 9.95. The average molecular weight is 443 g/mol. The number of halogens is 1. The van der Waals surface area contributed by atoms with Gasteiger partial charge in [-0.3, -0.25) is 9.59 Å². The number of methoxy groups -OCH3 is 1. The molecule has 0 saturated carbocycles. The Balaban J connectivity index is 2.12. The van der Waals surface area contributed by atoms with Crippen LogP contribution in [0.3, 0.4) is 0 Å². The van der Waals surface area contributed by atoms with Crippen molar-refractivity contribution in [2.45, 2.75) is 19.9 Å².